The summed E-state index contributed by atoms with van der Waals surface area (Å²) in [6.07, 6.45) is 0.833. The van der Waals surface area contributed by atoms with E-state index in [1.165, 1.54) is 0 Å². The molecule has 0 aromatic heterocycles. The number of anilines is 1. The summed E-state index contributed by atoms with van der Waals surface area (Å²) < 4.78 is 30.1. The van der Waals surface area contributed by atoms with Gasteiger partial charge in [-0.2, -0.15) is 8.78 Å². The summed E-state index contributed by atoms with van der Waals surface area (Å²) >= 11 is 0. The molecule has 2 aromatic carbocycles. The van der Waals surface area contributed by atoms with Crippen LogP contribution >= 0.6 is 0 Å². The van der Waals surface area contributed by atoms with E-state index in [4.69, 9.17) is 0 Å². The van der Waals surface area contributed by atoms with Gasteiger partial charge in [-0.3, -0.25) is 4.79 Å². The molecule has 3 rings (SSSR count). The first-order valence-corrected chi connectivity index (χ1v) is 10.6. The Morgan fingerprint density at radius 1 is 1.25 bits per heavy atom. The zero-order chi connectivity index (χ0) is 22.9. The number of aliphatic imine (C=N–C) groups is 1. The van der Waals surface area contributed by atoms with Crippen molar-refractivity contribution in [2.24, 2.45) is 4.99 Å². The lowest BCUT2D eigenvalue weighted by molar-refractivity contribution is -0.0495. The predicted molar refractivity (Wildman–Crippen MR) is 121 cm³/mol. The Morgan fingerprint density at radius 2 is 2.06 bits per heavy atom. The molecule has 0 saturated carbocycles. The molecule has 3 N–H and O–H groups in total. The Bertz CT molecular complexity index is 938. The van der Waals surface area contributed by atoms with E-state index in [1.807, 2.05) is 36.1 Å². The number of hydrogen-bond donors (Lipinski definition) is 3. The predicted octanol–water partition coefficient (Wildman–Crippen LogP) is 2.98. The van der Waals surface area contributed by atoms with E-state index in [0.717, 1.165) is 18.5 Å². The van der Waals surface area contributed by atoms with Gasteiger partial charge in [0, 0.05) is 38.3 Å². The lowest BCUT2D eigenvalue weighted by atomic mass is 10.1. The van der Waals surface area contributed by atoms with Crippen molar-refractivity contribution in [3.05, 3.63) is 59.7 Å². The van der Waals surface area contributed by atoms with E-state index >= 15 is 0 Å². The van der Waals surface area contributed by atoms with E-state index in [1.54, 1.807) is 31.3 Å². The van der Waals surface area contributed by atoms with E-state index in [-0.39, 0.29) is 17.7 Å². The summed E-state index contributed by atoms with van der Waals surface area (Å²) in [5.74, 6) is 0.713. The third kappa shape index (κ3) is 6.32. The molecule has 172 valence electrons. The summed E-state index contributed by atoms with van der Waals surface area (Å²) in [6, 6.07) is 14.3. The number of halogens is 2. The van der Waals surface area contributed by atoms with Crippen molar-refractivity contribution >= 4 is 17.6 Å². The first-order valence-electron chi connectivity index (χ1n) is 10.6. The minimum atomic E-state index is -2.86. The molecule has 1 saturated heterocycles. The maximum atomic E-state index is 12.7. The van der Waals surface area contributed by atoms with Crippen LogP contribution < -0.4 is 25.6 Å². The van der Waals surface area contributed by atoms with Crippen molar-refractivity contribution in [2.75, 3.05) is 31.6 Å². The summed E-state index contributed by atoms with van der Waals surface area (Å²) in [5, 5.41) is 9.28. The van der Waals surface area contributed by atoms with Crippen molar-refractivity contribution in [1.29, 1.82) is 0 Å². The normalized spacial score (nSPS) is 16.2. The van der Waals surface area contributed by atoms with E-state index in [2.05, 4.69) is 25.7 Å². The van der Waals surface area contributed by atoms with Gasteiger partial charge >= 0.3 is 6.61 Å². The molecular formula is C23H29F2N5O2. The fourth-order valence-corrected chi connectivity index (χ4v) is 3.65. The van der Waals surface area contributed by atoms with Gasteiger partial charge in [-0.25, -0.2) is 4.99 Å². The van der Waals surface area contributed by atoms with Crippen LogP contribution in [0.2, 0.25) is 0 Å². The Labute approximate surface area is 186 Å². The number of nitrogens with one attached hydrogen (secondary N) is 3. The number of amides is 1. The van der Waals surface area contributed by atoms with Gasteiger partial charge in [0.15, 0.2) is 5.96 Å². The third-order valence-electron chi connectivity index (χ3n) is 5.13. The van der Waals surface area contributed by atoms with Crippen LogP contribution in [-0.2, 0) is 6.54 Å². The summed E-state index contributed by atoms with van der Waals surface area (Å²) in [7, 11) is 1.60. The molecular weight excluding hydrogens is 416 g/mol. The van der Waals surface area contributed by atoms with Crippen molar-refractivity contribution in [1.82, 2.24) is 16.0 Å². The number of carbonyl (C=O) groups excluding carboxylic acids is 1. The molecule has 0 spiro atoms. The first kappa shape index (κ1) is 23.3. The van der Waals surface area contributed by atoms with Crippen LogP contribution in [0.4, 0.5) is 14.5 Å². The van der Waals surface area contributed by atoms with Gasteiger partial charge < -0.3 is 25.6 Å². The highest BCUT2D eigenvalue weighted by atomic mass is 19.3. The van der Waals surface area contributed by atoms with Gasteiger partial charge in [-0.05, 0) is 43.2 Å². The number of benzene rings is 2. The largest absolute Gasteiger partial charge is 0.433 e. The Morgan fingerprint density at radius 3 is 2.81 bits per heavy atom. The molecule has 2 aromatic rings. The maximum Gasteiger partial charge on any atom is 0.387 e. The average Bonchev–Trinajstić information content (AvgIpc) is 3.25. The molecule has 1 heterocycles. The molecule has 7 nitrogen and oxygen atoms in total. The molecule has 0 radical (unpaired) electrons. The second kappa shape index (κ2) is 11.3. The molecule has 1 amide bonds. The van der Waals surface area contributed by atoms with Gasteiger partial charge in [-0.1, -0.05) is 24.3 Å². The monoisotopic (exact) mass is 445 g/mol. The zero-order valence-corrected chi connectivity index (χ0v) is 18.3. The Balaban J connectivity index is 1.64. The standard InChI is InChI=1S/C23H29F2N5O2/c1-3-27-23(28-14-16-7-6-8-17(13-16)21(31)26-2)29-18-11-12-30(15-18)19-9-4-5-10-20(19)32-22(24)25/h4-10,13,18,22H,3,11-12,14-15H2,1-2H3,(H,26,31)(H2,27,28,29). The number of nitrogens with zero attached hydrogens (tertiary/aromatic N) is 2. The lowest BCUT2D eigenvalue weighted by Crippen LogP contribution is -2.44. The third-order valence-corrected chi connectivity index (χ3v) is 5.13. The number of guanidine groups is 1. The number of alkyl halides is 2. The maximum absolute atomic E-state index is 12.7. The quantitative estimate of drug-likeness (QED) is 0.430. The highest BCUT2D eigenvalue weighted by Gasteiger charge is 2.26. The molecule has 1 aliphatic heterocycles. The van der Waals surface area contributed by atoms with Crippen molar-refractivity contribution in [3.63, 3.8) is 0 Å². The lowest BCUT2D eigenvalue weighted by Gasteiger charge is -2.22. The molecule has 9 heteroatoms. The van der Waals surface area contributed by atoms with Crippen LogP contribution in [0, 0.1) is 0 Å². The van der Waals surface area contributed by atoms with Gasteiger partial charge in [0.2, 0.25) is 0 Å². The fourth-order valence-electron chi connectivity index (χ4n) is 3.65. The van der Waals surface area contributed by atoms with Gasteiger partial charge in [-0.15, -0.1) is 0 Å². The average molecular weight is 446 g/mol. The molecule has 1 aliphatic rings. The van der Waals surface area contributed by atoms with Crippen molar-refractivity contribution < 1.29 is 18.3 Å². The highest BCUT2D eigenvalue weighted by molar-refractivity contribution is 5.94. The number of para-hydroxylation sites is 2. The minimum absolute atomic E-state index is 0.101. The van der Waals surface area contributed by atoms with Crippen molar-refractivity contribution in [2.45, 2.75) is 32.5 Å². The minimum Gasteiger partial charge on any atom is -0.433 e. The molecule has 1 atom stereocenters. The summed E-state index contributed by atoms with van der Waals surface area (Å²) in [6.45, 7) is 1.60. The second-order valence-electron chi connectivity index (χ2n) is 7.40. The van der Waals surface area contributed by atoms with E-state index in [0.29, 0.717) is 36.8 Å². The van der Waals surface area contributed by atoms with Crippen LogP contribution in [0.1, 0.15) is 29.3 Å². The molecule has 1 fully saturated rings. The van der Waals surface area contributed by atoms with E-state index in [9.17, 15) is 13.6 Å². The van der Waals surface area contributed by atoms with Crippen LogP contribution in [-0.4, -0.2) is 51.2 Å². The second-order valence-corrected chi connectivity index (χ2v) is 7.40. The van der Waals surface area contributed by atoms with Gasteiger partial charge in [0.25, 0.3) is 5.91 Å². The number of rotatable bonds is 8. The topological polar surface area (TPSA) is 78.0 Å². The number of hydrogen-bond acceptors (Lipinski definition) is 4. The molecule has 32 heavy (non-hydrogen) atoms. The molecule has 0 bridgehead atoms. The smallest absolute Gasteiger partial charge is 0.387 e. The summed E-state index contributed by atoms with van der Waals surface area (Å²) in [4.78, 5) is 18.5. The van der Waals surface area contributed by atoms with Gasteiger partial charge in [0.05, 0.1) is 12.2 Å². The van der Waals surface area contributed by atoms with Crippen LogP contribution in [0.15, 0.2) is 53.5 Å². The molecule has 0 aliphatic carbocycles. The summed E-state index contributed by atoms with van der Waals surface area (Å²) in [5.41, 5.74) is 2.17. The van der Waals surface area contributed by atoms with Gasteiger partial charge in [0.1, 0.15) is 5.75 Å². The van der Waals surface area contributed by atoms with Crippen LogP contribution in [0.25, 0.3) is 0 Å². The zero-order valence-electron chi connectivity index (χ0n) is 18.3. The Hall–Kier alpha value is -3.36. The SMILES string of the molecule is CCNC(=NCc1cccc(C(=O)NC)c1)NC1CCN(c2ccccc2OC(F)F)C1. The number of ether oxygens (including phenoxy) is 1. The first-order chi connectivity index (χ1) is 15.5. The van der Waals surface area contributed by atoms with Crippen LogP contribution in [0.3, 0.4) is 0 Å². The van der Waals surface area contributed by atoms with Crippen molar-refractivity contribution in [3.8, 4) is 5.75 Å². The highest BCUT2D eigenvalue weighted by Crippen LogP contribution is 2.31. The van der Waals surface area contributed by atoms with Crippen LogP contribution in [0.5, 0.6) is 5.75 Å². The fraction of sp³-hybridized carbons (Fsp3) is 0.391. The van der Waals surface area contributed by atoms with E-state index < -0.39 is 6.61 Å². The Kier molecular flexibility index (Phi) is 8.24. The number of carbonyl (C=O) groups is 1. The molecule has 1 unspecified atom stereocenters.